The number of piperidine rings is 1. The van der Waals surface area contributed by atoms with Gasteiger partial charge in [0.05, 0.1) is 4.90 Å². The highest BCUT2D eigenvalue weighted by atomic mass is 35.5. The van der Waals surface area contributed by atoms with Gasteiger partial charge in [-0.05, 0) is 50.5 Å². The number of aromatic nitrogens is 2. The number of halogens is 1. The minimum absolute atomic E-state index is 0.192. The summed E-state index contributed by atoms with van der Waals surface area (Å²) in [7, 11) is -3.55. The Morgan fingerprint density at radius 3 is 2.48 bits per heavy atom. The van der Waals surface area contributed by atoms with Crippen molar-refractivity contribution >= 4 is 33.3 Å². The Morgan fingerprint density at radius 2 is 1.78 bits per heavy atom. The topological polar surface area (TPSA) is 87.2 Å². The normalized spacial score (nSPS) is 15.0. The van der Waals surface area contributed by atoms with Crippen molar-refractivity contribution in [2.24, 2.45) is 0 Å². The molecule has 2 heterocycles. The number of aryl methyl sites for hydroxylation is 1. The first-order chi connectivity index (χ1) is 12.9. The van der Waals surface area contributed by atoms with E-state index in [1.807, 2.05) is 13.0 Å². The summed E-state index contributed by atoms with van der Waals surface area (Å²) < 4.78 is 27.1. The SMILES string of the molecule is Cc1nc(NCCNS(=O)(=O)c2ccc(Cl)cc2)cc(N2CCCCC2)n1. The molecule has 0 bridgehead atoms. The molecule has 0 saturated carbocycles. The van der Waals surface area contributed by atoms with E-state index in [0.29, 0.717) is 23.2 Å². The van der Waals surface area contributed by atoms with Gasteiger partial charge in [-0.2, -0.15) is 0 Å². The molecule has 7 nitrogen and oxygen atoms in total. The van der Waals surface area contributed by atoms with Crippen molar-refractivity contribution in [2.45, 2.75) is 31.1 Å². The Bertz CT molecular complexity index is 868. The van der Waals surface area contributed by atoms with Gasteiger partial charge in [0.25, 0.3) is 0 Å². The van der Waals surface area contributed by atoms with Crippen LogP contribution in [0.1, 0.15) is 25.1 Å². The van der Waals surface area contributed by atoms with Crippen molar-refractivity contribution in [3.8, 4) is 0 Å². The summed E-state index contributed by atoms with van der Waals surface area (Å²) in [5.74, 6) is 2.32. The van der Waals surface area contributed by atoms with Crippen molar-refractivity contribution in [3.63, 3.8) is 0 Å². The van der Waals surface area contributed by atoms with Crippen molar-refractivity contribution in [1.29, 1.82) is 0 Å². The molecule has 9 heteroatoms. The molecule has 1 aromatic heterocycles. The molecule has 1 aliphatic rings. The highest BCUT2D eigenvalue weighted by Gasteiger charge is 2.15. The standard InChI is InChI=1S/C18H24ClN5O2S/c1-14-22-17(13-18(23-14)24-11-3-2-4-12-24)20-9-10-21-27(25,26)16-7-5-15(19)6-8-16/h5-8,13,21H,2-4,9-12H2,1H3,(H,20,22,23). The van der Waals surface area contributed by atoms with Crippen LogP contribution in [-0.4, -0.2) is 44.6 Å². The predicted octanol–water partition coefficient (Wildman–Crippen LogP) is 2.82. The van der Waals surface area contributed by atoms with E-state index < -0.39 is 10.0 Å². The third kappa shape index (κ3) is 5.54. The number of nitrogens with one attached hydrogen (secondary N) is 2. The van der Waals surface area contributed by atoms with Crippen LogP contribution in [0.25, 0.3) is 0 Å². The third-order valence-electron chi connectivity index (χ3n) is 4.35. The summed E-state index contributed by atoms with van der Waals surface area (Å²) >= 11 is 5.80. The Labute approximate surface area is 165 Å². The van der Waals surface area contributed by atoms with Gasteiger partial charge in [0.1, 0.15) is 17.5 Å². The monoisotopic (exact) mass is 409 g/mol. The number of benzene rings is 1. The maximum atomic E-state index is 12.3. The molecule has 0 unspecified atom stereocenters. The molecule has 3 rings (SSSR count). The molecule has 1 saturated heterocycles. The lowest BCUT2D eigenvalue weighted by Crippen LogP contribution is -2.31. The average Bonchev–Trinajstić information content (AvgIpc) is 2.66. The second kappa shape index (κ2) is 8.86. The van der Waals surface area contributed by atoms with Crippen LogP contribution in [0.3, 0.4) is 0 Å². The maximum absolute atomic E-state index is 12.3. The zero-order chi connectivity index (χ0) is 19.3. The van der Waals surface area contributed by atoms with Crippen molar-refractivity contribution in [1.82, 2.24) is 14.7 Å². The van der Waals surface area contributed by atoms with Gasteiger partial charge < -0.3 is 10.2 Å². The zero-order valence-electron chi connectivity index (χ0n) is 15.3. The number of hydrogen-bond acceptors (Lipinski definition) is 6. The van der Waals surface area contributed by atoms with Crippen LogP contribution in [0.15, 0.2) is 35.2 Å². The summed E-state index contributed by atoms with van der Waals surface area (Å²) in [6, 6.07) is 8.00. The summed E-state index contributed by atoms with van der Waals surface area (Å²) in [4.78, 5) is 11.4. The molecule has 0 atom stereocenters. The van der Waals surface area contributed by atoms with Crippen LogP contribution in [0.5, 0.6) is 0 Å². The third-order valence-corrected chi connectivity index (χ3v) is 6.08. The number of rotatable bonds is 7. The molecule has 1 aliphatic heterocycles. The molecule has 1 aromatic carbocycles. The second-order valence-electron chi connectivity index (χ2n) is 6.48. The fourth-order valence-electron chi connectivity index (χ4n) is 3.00. The van der Waals surface area contributed by atoms with Crippen LogP contribution in [-0.2, 0) is 10.0 Å². The Hall–Kier alpha value is -1.90. The minimum atomic E-state index is -3.55. The van der Waals surface area contributed by atoms with E-state index in [9.17, 15) is 8.42 Å². The highest BCUT2D eigenvalue weighted by Crippen LogP contribution is 2.20. The molecular formula is C18H24ClN5O2S. The molecule has 0 aliphatic carbocycles. The lowest BCUT2D eigenvalue weighted by atomic mass is 10.1. The van der Waals surface area contributed by atoms with Gasteiger partial charge in [-0.1, -0.05) is 11.6 Å². The van der Waals surface area contributed by atoms with E-state index in [1.54, 1.807) is 12.1 Å². The van der Waals surface area contributed by atoms with Crippen LogP contribution >= 0.6 is 11.6 Å². The lowest BCUT2D eigenvalue weighted by molar-refractivity contribution is 0.572. The van der Waals surface area contributed by atoms with Crippen molar-refractivity contribution in [3.05, 3.63) is 41.2 Å². The van der Waals surface area contributed by atoms with Crippen LogP contribution in [0, 0.1) is 6.92 Å². The Kier molecular flexibility index (Phi) is 6.51. The summed E-state index contributed by atoms with van der Waals surface area (Å²) in [6.07, 6.45) is 3.62. The van der Waals surface area contributed by atoms with E-state index >= 15 is 0 Å². The fraction of sp³-hybridized carbons (Fsp3) is 0.444. The maximum Gasteiger partial charge on any atom is 0.240 e. The van der Waals surface area contributed by atoms with Gasteiger partial charge in [-0.3, -0.25) is 0 Å². The lowest BCUT2D eigenvalue weighted by Gasteiger charge is -2.28. The number of anilines is 2. The van der Waals surface area contributed by atoms with Gasteiger partial charge in [-0.25, -0.2) is 23.1 Å². The van der Waals surface area contributed by atoms with Crippen molar-refractivity contribution in [2.75, 3.05) is 36.4 Å². The van der Waals surface area contributed by atoms with Gasteiger partial charge >= 0.3 is 0 Å². The van der Waals surface area contributed by atoms with Gasteiger partial charge in [-0.15, -0.1) is 0 Å². The minimum Gasteiger partial charge on any atom is -0.369 e. The quantitative estimate of drug-likeness (QED) is 0.684. The molecule has 27 heavy (non-hydrogen) atoms. The molecule has 146 valence electrons. The van der Waals surface area contributed by atoms with E-state index in [0.717, 1.165) is 18.9 Å². The van der Waals surface area contributed by atoms with E-state index in [2.05, 4.69) is 24.9 Å². The van der Waals surface area contributed by atoms with E-state index in [-0.39, 0.29) is 11.4 Å². The first-order valence-electron chi connectivity index (χ1n) is 9.04. The van der Waals surface area contributed by atoms with Gasteiger partial charge in [0, 0.05) is 37.3 Å². The largest absolute Gasteiger partial charge is 0.369 e. The predicted molar refractivity (Wildman–Crippen MR) is 108 cm³/mol. The summed E-state index contributed by atoms with van der Waals surface area (Å²) in [6.45, 7) is 4.55. The molecule has 2 aromatic rings. The van der Waals surface area contributed by atoms with E-state index in [1.165, 1.54) is 31.4 Å². The second-order valence-corrected chi connectivity index (χ2v) is 8.69. The first kappa shape index (κ1) is 19.9. The number of sulfonamides is 1. The first-order valence-corrected chi connectivity index (χ1v) is 10.9. The smallest absolute Gasteiger partial charge is 0.240 e. The summed E-state index contributed by atoms with van der Waals surface area (Å²) in [5.41, 5.74) is 0. The molecule has 0 spiro atoms. The van der Waals surface area contributed by atoms with E-state index in [4.69, 9.17) is 11.6 Å². The Morgan fingerprint density at radius 1 is 1.07 bits per heavy atom. The zero-order valence-corrected chi connectivity index (χ0v) is 16.9. The Balaban J connectivity index is 1.55. The average molecular weight is 410 g/mol. The fourth-order valence-corrected chi connectivity index (χ4v) is 4.16. The molecule has 2 N–H and O–H groups in total. The van der Waals surface area contributed by atoms with Crippen molar-refractivity contribution < 1.29 is 8.42 Å². The molecule has 1 fully saturated rings. The van der Waals surface area contributed by atoms with Gasteiger partial charge in [0.15, 0.2) is 0 Å². The molecule has 0 amide bonds. The number of nitrogens with zero attached hydrogens (tertiary/aromatic N) is 3. The van der Waals surface area contributed by atoms with Crippen LogP contribution in [0.2, 0.25) is 5.02 Å². The molecule has 0 radical (unpaired) electrons. The summed E-state index contributed by atoms with van der Waals surface area (Å²) in [5, 5.41) is 3.67. The molecular weight excluding hydrogens is 386 g/mol. The van der Waals surface area contributed by atoms with Crippen LogP contribution < -0.4 is 14.9 Å². The van der Waals surface area contributed by atoms with Gasteiger partial charge in [0.2, 0.25) is 10.0 Å². The highest BCUT2D eigenvalue weighted by molar-refractivity contribution is 7.89. The van der Waals surface area contributed by atoms with Crippen LogP contribution in [0.4, 0.5) is 11.6 Å². The number of hydrogen-bond donors (Lipinski definition) is 2.